The first-order chi connectivity index (χ1) is 11.1. The van der Waals surface area contributed by atoms with Crippen molar-refractivity contribution in [3.63, 3.8) is 0 Å². The van der Waals surface area contributed by atoms with Gasteiger partial charge in [0.15, 0.2) is 0 Å². The number of anilines is 1. The van der Waals surface area contributed by atoms with Gasteiger partial charge in [-0.25, -0.2) is 0 Å². The van der Waals surface area contributed by atoms with E-state index in [4.69, 9.17) is 0 Å². The molecule has 2 aromatic carbocycles. The van der Waals surface area contributed by atoms with Gasteiger partial charge in [-0.05, 0) is 30.7 Å². The molecule has 0 fully saturated rings. The predicted molar refractivity (Wildman–Crippen MR) is 91.2 cm³/mol. The summed E-state index contributed by atoms with van der Waals surface area (Å²) in [6.45, 7) is 2.27. The van der Waals surface area contributed by atoms with E-state index in [1.165, 1.54) is 0 Å². The Bertz CT molecular complexity index is 671. The normalized spacial score (nSPS) is 11.4. The Labute approximate surface area is 136 Å². The lowest BCUT2D eigenvalue weighted by molar-refractivity contribution is -0.121. The van der Waals surface area contributed by atoms with Crippen molar-refractivity contribution >= 4 is 17.5 Å². The summed E-state index contributed by atoms with van der Waals surface area (Å²) in [5, 5.41) is 8.57. The van der Waals surface area contributed by atoms with Gasteiger partial charge in [-0.2, -0.15) is 0 Å². The van der Waals surface area contributed by atoms with Crippen molar-refractivity contribution in [1.82, 2.24) is 10.6 Å². The van der Waals surface area contributed by atoms with Gasteiger partial charge in [0.05, 0.1) is 0 Å². The third-order valence-corrected chi connectivity index (χ3v) is 3.44. The van der Waals surface area contributed by atoms with Crippen LogP contribution in [0.15, 0.2) is 54.6 Å². The van der Waals surface area contributed by atoms with Crippen LogP contribution in [-0.4, -0.2) is 24.9 Å². The second-order valence-corrected chi connectivity index (χ2v) is 5.23. The van der Waals surface area contributed by atoms with Crippen LogP contribution in [0.25, 0.3) is 0 Å². The van der Waals surface area contributed by atoms with E-state index in [9.17, 15) is 9.59 Å². The summed E-state index contributed by atoms with van der Waals surface area (Å²) in [5.41, 5.74) is 2.33. The van der Waals surface area contributed by atoms with E-state index in [2.05, 4.69) is 16.0 Å². The van der Waals surface area contributed by atoms with E-state index in [1.807, 2.05) is 36.4 Å². The van der Waals surface area contributed by atoms with E-state index in [1.54, 1.807) is 32.2 Å². The Morgan fingerprint density at radius 3 is 2.48 bits per heavy atom. The monoisotopic (exact) mass is 311 g/mol. The molecule has 23 heavy (non-hydrogen) atoms. The van der Waals surface area contributed by atoms with Crippen LogP contribution in [0, 0.1) is 0 Å². The van der Waals surface area contributed by atoms with Crippen molar-refractivity contribution in [3.05, 3.63) is 65.7 Å². The van der Waals surface area contributed by atoms with Crippen LogP contribution in [-0.2, 0) is 11.3 Å². The molecule has 0 heterocycles. The van der Waals surface area contributed by atoms with Crippen molar-refractivity contribution in [2.24, 2.45) is 0 Å². The number of carbonyl (C=O) groups excluding carboxylic acids is 2. The van der Waals surface area contributed by atoms with Crippen LogP contribution in [0.5, 0.6) is 0 Å². The summed E-state index contributed by atoms with van der Waals surface area (Å²) in [6, 6.07) is 16.4. The molecule has 2 amide bonds. The maximum Gasteiger partial charge on any atom is 0.251 e. The predicted octanol–water partition coefficient (Wildman–Crippen LogP) is 2.16. The Morgan fingerprint density at radius 2 is 1.78 bits per heavy atom. The number of carbonyl (C=O) groups is 2. The maximum atomic E-state index is 12.1. The van der Waals surface area contributed by atoms with Crippen LogP contribution in [0.3, 0.4) is 0 Å². The fourth-order valence-electron chi connectivity index (χ4n) is 2.15. The first-order valence-electron chi connectivity index (χ1n) is 7.50. The first kappa shape index (κ1) is 16.5. The van der Waals surface area contributed by atoms with E-state index >= 15 is 0 Å². The summed E-state index contributed by atoms with van der Waals surface area (Å²) in [4.78, 5) is 23.8. The average molecular weight is 311 g/mol. The van der Waals surface area contributed by atoms with Gasteiger partial charge in [-0.15, -0.1) is 0 Å². The van der Waals surface area contributed by atoms with Crippen molar-refractivity contribution in [1.29, 1.82) is 0 Å². The number of hydrogen-bond acceptors (Lipinski definition) is 3. The summed E-state index contributed by atoms with van der Waals surface area (Å²) < 4.78 is 0. The molecule has 0 aliphatic heterocycles. The number of hydrogen-bond donors (Lipinski definition) is 3. The molecular formula is C18H21N3O2. The molecule has 2 rings (SSSR count). The van der Waals surface area contributed by atoms with Crippen molar-refractivity contribution < 1.29 is 9.59 Å². The highest BCUT2D eigenvalue weighted by atomic mass is 16.2. The first-order valence-corrected chi connectivity index (χ1v) is 7.50. The van der Waals surface area contributed by atoms with Gasteiger partial charge in [0.1, 0.15) is 6.04 Å². The minimum absolute atomic E-state index is 0.0980. The van der Waals surface area contributed by atoms with Gasteiger partial charge in [0, 0.05) is 24.8 Å². The molecule has 1 unspecified atom stereocenters. The Hall–Kier alpha value is -2.82. The lowest BCUT2D eigenvalue weighted by Gasteiger charge is -2.16. The summed E-state index contributed by atoms with van der Waals surface area (Å²) in [5.74, 6) is -0.256. The molecule has 5 heteroatoms. The molecular weight excluding hydrogens is 290 g/mol. The van der Waals surface area contributed by atoms with Gasteiger partial charge >= 0.3 is 0 Å². The fourth-order valence-corrected chi connectivity index (χ4v) is 2.15. The topological polar surface area (TPSA) is 70.2 Å². The van der Waals surface area contributed by atoms with Crippen LogP contribution < -0.4 is 16.0 Å². The molecule has 0 saturated carbocycles. The van der Waals surface area contributed by atoms with Gasteiger partial charge in [-0.3, -0.25) is 9.59 Å². The molecule has 0 spiro atoms. The van der Waals surface area contributed by atoms with Crippen LogP contribution in [0.4, 0.5) is 5.69 Å². The Morgan fingerprint density at radius 1 is 1.04 bits per heavy atom. The zero-order chi connectivity index (χ0) is 16.7. The zero-order valence-electron chi connectivity index (χ0n) is 13.3. The highest BCUT2D eigenvalue weighted by Gasteiger charge is 2.13. The van der Waals surface area contributed by atoms with Crippen molar-refractivity contribution in [3.8, 4) is 0 Å². The third-order valence-electron chi connectivity index (χ3n) is 3.44. The number of rotatable bonds is 6. The molecule has 2 aromatic rings. The van der Waals surface area contributed by atoms with E-state index in [0.717, 1.165) is 11.3 Å². The highest BCUT2D eigenvalue weighted by Crippen LogP contribution is 2.12. The Kier molecular flexibility index (Phi) is 5.74. The van der Waals surface area contributed by atoms with Crippen LogP contribution in [0.2, 0.25) is 0 Å². The van der Waals surface area contributed by atoms with E-state index in [-0.39, 0.29) is 11.8 Å². The molecule has 3 N–H and O–H groups in total. The van der Waals surface area contributed by atoms with Gasteiger partial charge in [0.2, 0.25) is 5.91 Å². The quantitative estimate of drug-likeness (QED) is 0.765. The van der Waals surface area contributed by atoms with E-state index < -0.39 is 6.04 Å². The molecule has 0 aliphatic carbocycles. The van der Waals surface area contributed by atoms with Gasteiger partial charge in [-0.1, -0.05) is 36.4 Å². The second kappa shape index (κ2) is 7.98. The largest absolute Gasteiger partial charge is 0.374 e. The standard InChI is InChI=1S/C18H21N3O2/c1-13(17(22)20-12-14-7-4-3-5-8-14)21-16-10-6-9-15(11-16)18(23)19-2/h3-11,13,21H,12H2,1-2H3,(H,19,23)(H,20,22). The summed E-state index contributed by atoms with van der Waals surface area (Å²) >= 11 is 0. The minimum atomic E-state index is -0.404. The van der Waals surface area contributed by atoms with Crippen LogP contribution in [0.1, 0.15) is 22.8 Å². The van der Waals surface area contributed by atoms with Gasteiger partial charge in [0.25, 0.3) is 5.91 Å². The molecule has 0 aromatic heterocycles. The number of benzene rings is 2. The van der Waals surface area contributed by atoms with E-state index in [0.29, 0.717) is 12.1 Å². The minimum Gasteiger partial charge on any atom is -0.374 e. The highest BCUT2D eigenvalue weighted by molar-refractivity contribution is 5.95. The molecule has 120 valence electrons. The molecule has 1 atom stereocenters. The van der Waals surface area contributed by atoms with Gasteiger partial charge < -0.3 is 16.0 Å². The lowest BCUT2D eigenvalue weighted by atomic mass is 10.1. The molecule has 0 radical (unpaired) electrons. The molecule has 0 aliphatic rings. The smallest absolute Gasteiger partial charge is 0.251 e. The Balaban J connectivity index is 1.92. The summed E-state index contributed by atoms with van der Waals surface area (Å²) in [7, 11) is 1.59. The third kappa shape index (κ3) is 4.85. The fraction of sp³-hybridized carbons (Fsp3) is 0.222. The summed E-state index contributed by atoms with van der Waals surface area (Å²) in [6.07, 6.45) is 0. The van der Waals surface area contributed by atoms with Crippen LogP contribution >= 0.6 is 0 Å². The number of nitrogens with one attached hydrogen (secondary N) is 3. The maximum absolute atomic E-state index is 12.1. The number of amides is 2. The molecule has 0 saturated heterocycles. The molecule has 5 nitrogen and oxygen atoms in total. The average Bonchev–Trinajstić information content (AvgIpc) is 2.60. The second-order valence-electron chi connectivity index (χ2n) is 5.23. The zero-order valence-corrected chi connectivity index (χ0v) is 13.3. The molecule has 0 bridgehead atoms. The van der Waals surface area contributed by atoms with Crippen molar-refractivity contribution in [2.75, 3.05) is 12.4 Å². The van der Waals surface area contributed by atoms with Crippen molar-refractivity contribution in [2.45, 2.75) is 19.5 Å². The lowest BCUT2D eigenvalue weighted by Crippen LogP contribution is -2.37. The SMILES string of the molecule is CNC(=O)c1cccc(NC(C)C(=O)NCc2ccccc2)c1.